The molecule has 1 aromatic carbocycles. The molecule has 0 unspecified atom stereocenters. The number of hydrogen-bond acceptors (Lipinski definition) is 5. The van der Waals surface area contributed by atoms with E-state index in [2.05, 4.69) is 10.3 Å². The molecule has 5 nitrogen and oxygen atoms in total. The van der Waals surface area contributed by atoms with Crippen molar-refractivity contribution >= 4 is 33.1 Å². The Hall–Kier alpha value is -2.65. The highest BCUT2D eigenvalue weighted by Crippen LogP contribution is 2.42. The molecule has 0 spiro atoms. The number of carbonyl (C=O) groups excluding carboxylic acids is 1. The Bertz CT molecular complexity index is 987. The molecule has 0 bridgehead atoms. The van der Waals surface area contributed by atoms with Crippen LogP contribution in [0.25, 0.3) is 10.2 Å². The number of pyridine rings is 1. The Kier molecular flexibility index (Phi) is 5.07. The third-order valence-electron chi connectivity index (χ3n) is 3.98. The largest absolute Gasteiger partial charge is 0.417 e. The van der Waals surface area contributed by atoms with Gasteiger partial charge in [0.2, 0.25) is 0 Å². The van der Waals surface area contributed by atoms with Crippen LogP contribution in [0.5, 0.6) is 0 Å². The first kappa shape index (κ1) is 19.1. The second-order valence-electron chi connectivity index (χ2n) is 5.97. The molecule has 0 aliphatic heterocycles. The van der Waals surface area contributed by atoms with E-state index in [4.69, 9.17) is 5.73 Å². The second-order valence-corrected chi connectivity index (χ2v) is 6.97. The van der Waals surface area contributed by atoms with E-state index in [1.807, 2.05) is 0 Å². The quantitative estimate of drug-likeness (QED) is 0.629. The number of nitrogens with two attached hydrogens (primary N) is 1. The molecule has 1 atom stereocenters. The van der Waals surface area contributed by atoms with Gasteiger partial charge in [-0.1, -0.05) is 30.3 Å². The van der Waals surface area contributed by atoms with Gasteiger partial charge in [-0.05, 0) is 18.6 Å². The maximum Gasteiger partial charge on any atom is 0.417 e. The van der Waals surface area contributed by atoms with Gasteiger partial charge in [-0.2, -0.15) is 13.2 Å². The van der Waals surface area contributed by atoms with E-state index in [0.29, 0.717) is 5.56 Å². The molecule has 3 rings (SSSR count). The lowest BCUT2D eigenvalue weighted by atomic mass is 10.1. The molecule has 0 saturated carbocycles. The molecule has 142 valence electrons. The van der Waals surface area contributed by atoms with Gasteiger partial charge in [0, 0.05) is 17.6 Å². The Morgan fingerprint density at radius 2 is 2.00 bits per heavy atom. The Labute approximate surface area is 156 Å². The van der Waals surface area contributed by atoms with Gasteiger partial charge in [-0.25, -0.2) is 4.98 Å². The summed E-state index contributed by atoms with van der Waals surface area (Å²) in [7, 11) is 0. The van der Waals surface area contributed by atoms with E-state index in [-0.39, 0.29) is 33.0 Å². The van der Waals surface area contributed by atoms with Crippen molar-refractivity contribution in [3.05, 3.63) is 58.1 Å². The molecular weight excluding hydrogens is 379 g/mol. The van der Waals surface area contributed by atoms with Crippen LogP contribution < -0.4 is 11.1 Å². The first-order chi connectivity index (χ1) is 12.7. The summed E-state index contributed by atoms with van der Waals surface area (Å²) in [5.41, 5.74) is 5.47. The SMILES string of the molecule is Cc1cc(C(F)(F)F)c2c(N)c(C(=O)NC[C@H](O)c3ccccc3)sc2n1. The molecule has 0 aliphatic rings. The van der Waals surface area contributed by atoms with Gasteiger partial charge in [0.25, 0.3) is 5.91 Å². The fourth-order valence-electron chi connectivity index (χ4n) is 2.70. The number of nitrogens with one attached hydrogen (secondary N) is 1. The number of aryl methyl sites for hydroxylation is 1. The minimum absolute atomic E-state index is 0.0496. The third-order valence-corrected chi connectivity index (χ3v) is 5.08. The first-order valence-electron chi connectivity index (χ1n) is 7.96. The Morgan fingerprint density at radius 1 is 1.33 bits per heavy atom. The molecular formula is C18H16F3N3O2S. The molecule has 0 radical (unpaired) electrons. The summed E-state index contributed by atoms with van der Waals surface area (Å²) in [5.74, 6) is -0.656. The number of anilines is 1. The average molecular weight is 395 g/mol. The lowest BCUT2D eigenvalue weighted by Gasteiger charge is -2.12. The van der Waals surface area contributed by atoms with Gasteiger partial charge < -0.3 is 16.2 Å². The van der Waals surface area contributed by atoms with Crippen LogP contribution in [0, 0.1) is 6.92 Å². The maximum absolute atomic E-state index is 13.3. The molecule has 0 aliphatic carbocycles. The van der Waals surface area contributed by atoms with E-state index in [1.165, 1.54) is 6.92 Å². The van der Waals surface area contributed by atoms with E-state index >= 15 is 0 Å². The van der Waals surface area contributed by atoms with Gasteiger partial charge in [-0.3, -0.25) is 4.79 Å². The standard InChI is InChI=1S/C18H16F3N3O2S/c1-9-7-11(18(19,20)21)13-14(22)15(27-17(13)24-9)16(26)23-8-12(25)10-5-3-2-4-6-10/h2-7,12,25H,8,22H2,1H3,(H,23,26)/t12-/m0/s1. The van der Waals surface area contributed by atoms with Gasteiger partial charge in [0.05, 0.1) is 17.4 Å². The zero-order chi connectivity index (χ0) is 19.8. The second kappa shape index (κ2) is 7.16. The van der Waals surface area contributed by atoms with Crippen LogP contribution in [0.4, 0.5) is 18.9 Å². The number of halogens is 3. The monoisotopic (exact) mass is 395 g/mol. The smallest absolute Gasteiger partial charge is 0.397 e. The number of nitrogens with zero attached hydrogens (tertiary/aromatic N) is 1. The third kappa shape index (κ3) is 3.88. The molecule has 27 heavy (non-hydrogen) atoms. The molecule has 2 heterocycles. The van der Waals surface area contributed by atoms with Gasteiger partial charge >= 0.3 is 6.18 Å². The van der Waals surface area contributed by atoms with Crippen molar-refractivity contribution in [1.29, 1.82) is 0 Å². The highest BCUT2D eigenvalue weighted by molar-refractivity contribution is 7.21. The lowest BCUT2D eigenvalue weighted by molar-refractivity contribution is -0.136. The molecule has 0 fully saturated rings. The van der Waals surface area contributed by atoms with Crippen LogP contribution in [0.15, 0.2) is 36.4 Å². The summed E-state index contributed by atoms with van der Waals surface area (Å²) in [6.07, 6.45) is -5.56. The first-order valence-corrected chi connectivity index (χ1v) is 8.78. The van der Waals surface area contributed by atoms with Crippen molar-refractivity contribution in [3.8, 4) is 0 Å². The van der Waals surface area contributed by atoms with Crippen LogP contribution in [0.2, 0.25) is 0 Å². The predicted octanol–water partition coefficient (Wildman–Crippen LogP) is 3.67. The average Bonchev–Trinajstić information content (AvgIpc) is 2.95. The molecule has 0 saturated heterocycles. The number of benzene rings is 1. The number of rotatable bonds is 4. The van der Waals surface area contributed by atoms with Crippen LogP contribution >= 0.6 is 11.3 Å². The molecule has 3 aromatic rings. The van der Waals surface area contributed by atoms with E-state index in [1.54, 1.807) is 30.3 Å². The van der Waals surface area contributed by atoms with Crippen molar-refractivity contribution in [1.82, 2.24) is 10.3 Å². The van der Waals surface area contributed by atoms with E-state index in [0.717, 1.165) is 17.4 Å². The number of nitrogen functional groups attached to an aromatic ring is 1. The number of aliphatic hydroxyl groups excluding tert-OH is 1. The van der Waals surface area contributed by atoms with E-state index in [9.17, 15) is 23.1 Å². The topological polar surface area (TPSA) is 88.2 Å². The summed E-state index contributed by atoms with van der Waals surface area (Å²) in [6.45, 7) is 1.34. The normalized spacial score (nSPS) is 12.9. The van der Waals surface area contributed by atoms with Crippen LogP contribution in [-0.2, 0) is 6.18 Å². The van der Waals surface area contributed by atoms with Crippen molar-refractivity contribution < 1.29 is 23.1 Å². The Morgan fingerprint density at radius 3 is 2.63 bits per heavy atom. The summed E-state index contributed by atoms with van der Waals surface area (Å²) < 4.78 is 40.0. The fourth-order valence-corrected chi connectivity index (χ4v) is 3.78. The summed E-state index contributed by atoms with van der Waals surface area (Å²) in [5, 5.41) is 12.3. The van der Waals surface area contributed by atoms with Gasteiger partial charge in [-0.15, -0.1) is 11.3 Å². The van der Waals surface area contributed by atoms with Crippen molar-refractivity contribution in [3.63, 3.8) is 0 Å². The van der Waals surface area contributed by atoms with Crippen molar-refractivity contribution in [2.75, 3.05) is 12.3 Å². The number of alkyl halides is 3. The van der Waals surface area contributed by atoms with E-state index < -0.39 is 23.8 Å². The lowest BCUT2D eigenvalue weighted by Crippen LogP contribution is -2.28. The number of carbonyl (C=O) groups is 1. The highest BCUT2D eigenvalue weighted by Gasteiger charge is 2.35. The van der Waals surface area contributed by atoms with Gasteiger partial charge in [0.15, 0.2) is 0 Å². The van der Waals surface area contributed by atoms with Crippen LogP contribution in [0.3, 0.4) is 0 Å². The number of thiophene rings is 1. The molecule has 9 heteroatoms. The minimum atomic E-state index is -4.61. The molecule has 2 aromatic heterocycles. The van der Waals surface area contributed by atoms with Crippen molar-refractivity contribution in [2.45, 2.75) is 19.2 Å². The number of hydrogen-bond donors (Lipinski definition) is 3. The summed E-state index contributed by atoms with van der Waals surface area (Å²) in [4.78, 5) is 16.5. The number of aliphatic hydroxyl groups is 1. The van der Waals surface area contributed by atoms with Gasteiger partial charge in [0.1, 0.15) is 9.71 Å². The van der Waals surface area contributed by atoms with Crippen molar-refractivity contribution in [2.24, 2.45) is 0 Å². The molecule has 1 amide bonds. The van der Waals surface area contributed by atoms with Crippen LogP contribution in [-0.4, -0.2) is 22.5 Å². The maximum atomic E-state index is 13.3. The fraction of sp³-hybridized carbons (Fsp3) is 0.222. The highest BCUT2D eigenvalue weighted by atomic mass is 32.1. The zero-order valence-corrected chi connectivity index (χ0v) is 15.0. The predicted molar refractivity (Wildman–Crippen MR) is 97.5 cm³/mol. The summed E-state index contributed by atoms with van der Waals surface area (Å²) >= 11 is 0.794. The zero-order valence-electron chi connectivity index (χ0n) is 14.2. The Balaban J connectivity index is 1.88. The minimum Gasteiger partial charge on any atom is -0.397 e. The number of amides is 1. The molecule has 4 N–H and O–H groups in total. The number of fused-ring (bicyclic) bond motifs is 1. The van der Waals surface area contributed by atoms with Crippen LogP contribution in [0.1, 0.15) is 32.6 Å². The number of aromatic nitrogens is 1. The summed E-state index contributed by atoms with van der Waals surface area (Å²) in [6, 6.07) is 9.60.